The average molecular weight is 308 g/mol. The second-order valence-electron chi connectivity index (χ2n) is 6.36. The zero-order chi connectivity index (χ0) is 15.7. The highest BCUT2D eigenvalue weighted by Crippen LogP contribution is 2.44. The first-order valence-electron chi connectivity index (χ1n) is 8.24. The second-order valence-corrected chi connectivity index (χ2v) is 6.36. The minimum atomic E-state index is -0.872. The molecule has 1 saturated heterocycles. The Morgan fingerprint density at radius 2 is 1.70 bits per heavy atom. The maximum absolute atomic E-state index is 12.4. The predicted octanol–water partition coefficient (Wildman–Crippen LogP) is 3.62. The Bertz CT molecular complexity index is 710. The van der Waals surface area contributed by atoms with Gasteiger partial charge in [0.25, 0.3) is 0 Å². The summed E-state index contributed by atoms with van der Waals surface area (Å²) in [6.07, 6.45) is 2.90. The first kappa shape index (κ1) is 14.5. The van der Waals surface area contributed by atoms with Crippen LogP contribution in [0.15, 0.2) is 54.6 Å². The van der Waals surface area contributed by atoms with Gasteiger partial charge in [0.15, 0.2) is 0 Å². The van der Waals surface area contributed by atoms with Crippen molar-refractivity contribution in [2.24, 2.45) is 0 Å². The van der Waals surface area contributed by atoms with Crippen molar-refractivity contribution in [1.29, 1.82) is 0 Å². The zero-order valence-corrected chi connectivity index (χ0v) is 13.0. The highest BCUT2D eigenvalue weighted by molar-refractivity contribution is 5.74. The molecule has 2 aromatic rings. The van der Waals surface area contributed by atoms with Gasteiger partial charge in [0.05, 0.1) is 18.9 Å². The van der Waals surface area contributed by atoms with Gasteiger partial charge in [-0.25, -0.2) is 0 Å². The van der Waals surface area contributed by atoms with Gasteiger partial charge in [0.2, 0.25) is 5.79 Å². The second kappa shape index (κ2) is 5.82. The van der Waals surface area contributed by atoms with Crippen LogP contribution in [0.25, 0.3) is 0 Å². The number of benzene rings is 2. The molecule has 3 heteroatoms. The summed E-state index contributed by atoms with van der Waals surface area (Å²) < 4.78 is 12.1. The number of fused-ring (bicyclic) bond motifs is 1. The van der Waals surface area contributed by atoms with E-state index in [0.717, 1.165) is 24.0 Å². The van der Waals surface area contributed by atoms with Crippen molar-refractivity contribution >= 4 is 5.97 Å². The third-order valence-electron chi connectivity index (χ3n) is 4.89. The third kappa shape index (κ3) is 2.66. The zero-order valence-electron chi connectivity index (χ0n) is 13.0. The quantitative estimate of drug-likeness (QED) is 0.755. The van der Waals surface area contributed by atoms with Crippen LogP contribution in [-0.4, -0.2) is 18.4 Å². The summed E-state index contributed by atoms with van der Waals surface area (Å²) >= 11 is 0. The minimum Gasteiger partial charge on any atom is -0.432 e. The van der Waals surface area contributed by atoms with Gasteiger partial charge in [-0.05, 0) is 29.5 Å². The largest absolute Gasteiger partial charge is 0.432 e. The lowest BCUT2D eigenvalue weighted by Gasteiger charge is -2.42. The molecule has 1 spiro atoms. The molecule has 23 heavy (non-hydrogen) atoms. The lowest BCUT2D eigenvalue weighted by Crippen LogP contribution is -2.48. The first-order valence-corrected chi connectivity index (χ1v) is 8.24. The average Bonchev–Trinajstić information content (AvgIpc) is 2.71. The fraction of sp³-hybridized carbons (Fsp3) is 0.350. The van der Waals surface area contributed by atoms with Crippen molar-refractivity contribution in [3.8, 4) is 0 Å². The number of rotatable bonds is 1. The van der Waals surface area contributed by atoms with Crippen LogP contribution < -0.4 is 0 Å². The maximum atomic E-state index is 12.4. The minimum absolute atomic E-state index is 0.0764. The molecule has 0 bridgehead atoms. The summed E-state index contributed by atoms with van der Waals surface area (Å²) in [4.78, 5) is 12.4. The maximum Gasteiger partial charge on any atom is 0.312 e. The molecule has 2 atom stereocenters. The van der Waals surface area contributed by atoms with Gasteiger partial charge in [-0.1, -0.05) is 54.6 Å². The monoisotopic (exact) mass is 308 g/mol. The standard InChI is InChI=1S/C20H20O3/c21-19-13-16-9-4-5-10-17(16)14-20(23-19)18(11-6-12-22-20)15-7-2-1-3-8-15/h1-5,7-10,18H,6,11-14H2/t18-,20+/m1/s1. The normalized spacial score (nSPS) is 27.1. The van der Waals surface area contributed by atoms with Crippen LogP contribution >= 0.6 is 0 Å². The molecular weight excluding hydrogens is 288 g/mol. The van der Waals surface area contributed by atoms with E-state index in [2.05, 4.69) is 18.2 Å². The van der Waals surface area contributed by atoms with Gasteiger partial charge in [0, 0.05) is 6.42 Å². The van der Waals surface area contributed by atoms with E-state index in [-0.39, 0.29) is 11.9 Å². The molecule has 2 heterocycles. The lowest BCUT2D eigenvalue weighted by molar-refractivity contribution is -0.254. The smallest absolute Gasteiger partial charge is 0.312 e. The molecule has 0 amide bonds. The SMILES string of the molecule is O=C1Cc2ccccc2C[C@]2(OCCC[C@@H]2c2ccccc2)O1. The third-order valence-corrected chi connectivity index (χ3v) is 4.89. The molecule has 0 aliphatic carbocycles. The molecule has 3 nitrogen and oxygen atoms in total. The van der Waals surface area contributed by atoms with Crippen molar-refractivity contribution in [3.63, 3.8) is 0 Å². The van der Waals surface area contributed by atoms with E-state index in [9.17, 15) is 4.79 Å². The molecule has 4 rings (SSSR count). The molecule has 0 unspecified atom stereocenters. The van der Waals surface area contributed by atoms with Crippen LogP contribution in [0.2, 0.25) is 0 Å². The van der Waals surface area contributed by atoms with Crippen LogP contribution in [-0.2, 0) is 27.1 Å². The summed E-state index contributed by atoms with van der Waals surface area (Å²) in [5.41, 5.74) is 3.39. The van der Waals surface area contributed by atoms with Crippen molar-refractivity contribution < 1.29 is 14.3 Å². The van der Waals surface area contributed by atoms with Crippen LogP contribution in [0.3, 0.4) is 0 Å². The number of carbonyl (C=O) groups excluding carboxylic acids is 1. The van der Waals surface area contributed by atoms with Gasteiger partial charge < -0.3 is 9.47 Å². The molecule has 0 radical (unpaired) electrons. The first-order chi connectivity index (χ1) is 11.3. The Labute approximate surface area is 136 Å². The Balaban J connectivity index is 1.78. The lowest BCUT2D eigenvalue weighted by atomic mass is 9.81. The molecular formula is C20H20O3. The van der Waals surface area contributed by atoms with Gasteiger partial charge in [-0.15, -0.1) is 0 Å². The summed E-state index contributed by atoms with van der Waals surface area (Å²) in [6, 6.07) is 18.4. The van der Waals surface area contributed by atoms with Crippen LogP contribution in [0.4, 0.5) is 0 Å². The van der Waals surface area contributed by atoms with Gasteiger partial charge in [-0.2, -0.15) is 0 Å². The van der Waals surface area contributed by atoms with Gasteiger partial charge >= 0.3 is 5.97 Å². The Hall–Kier alpha value is -2.13. The van der Waals surface area contributed by atoms with Gasteiger partial charge in [-0.3, -0.25) is 4.79 Å². The van der Waals surface area contributed by atoms with Gasteiger partial charge in [0.1, 0.15) is 0 Å². The van der Waals surface area contributed by atoms with Crippen molar-refractivity contribution in [2.75, 3.05) is 6.61 Å². The van der Waals surface area contributed by atoms with Crippen molar-refractivity contribution in [1.82, 2.24) is 0 Å². The van der Waals surface area contributed by atoms with Crippen LogP contribution in [0.5, 0.6) is 0 Å². The van der Waals surface area contributed by atoms with E-state index < -0.39 is 5.79 Å². The van der Waals surface area contributed by atoms with E-state index in [0.29, 0.717) is 19.4 Å². The summed E-state index contributed by atoms with van der Waals surface area (Å²) in [7, 11) is 0. The molecule has 2 aromatic carbocycles. The Morgan fingerprint density at radius 3 is 2.52 bits per heavy atom. The van der Waals surface area contributed by atoms with Crippen molar-refractivity contribution in [2.45, 2.75) is 37.4 Å². The van der Waals surface area contributed by atoms with E-state index in [1.165, 1.54) is 5.56 Å². The summed E-state index contributed by atoms with van der Waals surface area (Å²) in [6.45, 7) is 0.638. The molecule has 1 fully saturated rings. The predicted molar refractivity (Wildman–Crippen MR) is 87.0 cm³/mol. The van der Waals surface area contributed by atoms with E-state index in [1.54, 1.807) is 0 Å². The fourth-order valence-electron chi connectivity index (χ4n) is 3.82. The topological polar surface area (TPSA) is 35.5 Å². The van der Waals surface area contributed by atoms with Crippen LogP contribution in [0, 0.1) is 0 Å². The van der Waals surface area contributed by atoms with Crippen LogP contribution in [0.1, 0.15) is 35.4 Å². The molecule has 0 saturated carbocycles. The van der Waals surface area contributed by atoms with E-state index in [1.807, 2.05) is 36.4 Å². The Morgan fingerprint density at radius 1 is 0.957 bits per heavy atom. The number of hydrogen-bond acceptors (Lipinski definition) is 3. The highest BCUT2D eigenvalue weighted by Gasteiger charge is 2.48. The molecule has 2 aliphatic rings. The number of hydrogen-bond donors (Lipinski definition) is 0. The summed E-state index contributed by atoms with van der Waals surface area (Å²) in [5, 5.41) is 0. The summed E-state index contributed by atoms with van der Waals surface area (Å²) in [5.74, 6) is -0.992. The molecule has 0 aromatic heterocycles. The highest BCUT2D eigenvalue weighted by atomic mass is 16.7. The van der Waals surface area contributed by atoms with E-state index in [4.69, 9.17) is 9.47 Å². The number of carbonyl (C=O) groups is 1. The number of esters is 1. The molecule has 118 valence electrons. The Kier molecular flexibility index (Phi) is 3.66. The van der Waals surface area contributed by atoms with E-state index >= 15 is 0 Å². The fourth-order valence-corrected chi connectivity index (χ4v) is 3.82. The molecule has 2 aliphatic heterocycles. The molecule has 0 N–H and O–H groups in total. The number of ether oxygens (including phenoxy) is 2. The van der Waals surface area contributed by atoms with Crippen molar-refractivity contribution in [3.05, 3.63) is 71.3 Å².